The Morgan fingerprint density at radius 2 is 1.97 bits per heavy atom. The molecule has 0 aliphatic carbocycles. The number of piperidine rings is 1. The van der Waals surface area contributed by atoms with Gasteiger partial charge in [-0.25, -0.2) is 0 Å². The van der Waals surface area contributed by atoms with Gasteiger partial charge in [0.05, 0.1) is 18.2 Å². The van der Waals surface area contributed by atoms with Crippen LogP contribution in [0.2, 0.25) is 0 Å². The Kier molecular flexibility index (Phi) is 6.47. The highest BCUT2D eigenvalue weighted by atomic mass is 19.4. The maximum absolute atomic E-state index is 13.8. The Morgan fingerprint density at radius 1 is 1.21 bits per heavy atom. The Bertz CT molecular complexity index is 853. The molecular formula is C22H24F3NO3. The third kappa shape index (κ3) is 4.72. The van der Waals surface area contributed by atoms with Crippen molar-refractivity contribution in [2.75, 3.05) is 13.2 Å². The lowest BCUT2D eigenvalue weighted by Crippen LogP contribution is -2.47. The molecule has 0 spiro atoms. The number of carbonyl (C=O) groups is 1. The van der Waals surface area contributed by atoms with Gasteiger partial charge in [-0.15, -0.1) is 0 Å². The molecule has 0 saturated carbocycles. The zero-order chi connectivity index (χ0) is 21.0. The normalized spacial score (nSPS) is 19.0. The van der Waals surface area contributed by atoms with Crippen molar-refractivity contribution < 1.29 is 27.8 Å². The molecular weight excluding hydrogens is 383 g/mol. The number of carboxylic acid groups (broad SMARTS) is 1. The van der Waals surface area contributed by atoms with E-state index in [0.29, 0.717) is 30.9 Å². The SMILES string of the molecule is CCOc1cccc(C(c2ccccc2C(F)(F)F)N2CCCCC2C(=O)O)c1. The van der Waals surface area contributed by atoms with E-state index in [-0.39, 0.29) is 5.56 Å². The van der Waals surface area contributed by atoms with Crippen molar-refractivity contribution in [1.82, 2.24) is 4.90 Å². The maximum Gasteiger partial charge on any atom is 0.416 e. The van der Waals surface area contributed by atoms with Crippen LogP contribution < -0.4 is 4.74 Å². The highest BCUT2D eigenvalue weighted by molar-refractivity contribution is 5.73. The van der Waals surface area contributed by atoms with Crippen LogP contribution in [0.3, 0.4) is 0 Å². The summed E-state index contributed by atoms with van der Waals surface area (Å²) in [4.78, 5) is 13.6. The molecule has 1 saturated heterocycles. The van der Waals surface area contributed by atoms with Crippen LogP contribution >= 0.6 is 0 Å². The predicted molar refractivity (Wildman–Crippen MR) is 103 cm³/mol. The molecule has 2 aromatic rings. The van der Waals surface area contributed by atoms with E-state index >= 15 is 0 Å². The van der Waals surface area contributed by atoms with Gasteiger partial charge in [0.2, 0.25) is 0 Å². The van der Waals surface area contributed by atoms with Crippen LogP contribution in [0.1, 0.15) is 48.9 Å². The van der Waals surface area contributed by atoms with Gasteiger partial charge in [-0.3, -0.25) is 9.69 Å². The number of carboxylic acids is 1. The van der Waals surface area contributed by atoms with Crippen molar-refractivity contribution in [3.05, 3.63) is 65.2 Å². The lowest BCUT2D eigenvalue weighted by molar-refractivity contribution is -0.145. The average molecular weight is 407 g/mol. The summed E-state index contributed by atoms with van der Waals surface area (Å²) < 4.78 is 46.9. The van der Waals surface area contributed by atoms with Crippen LogP contribution in [0.4, 0.5) is 13.2 Å². The topological polar surface area (TPSA) is 49.8 Å². The van der Waals surface area contributed by atoms with Gasteiger partial charge >= 0.3 is 12.1 Å². The van der Waals surface area contributed by atoms with Gasteiger partial charge in [0, 0.05) is 0 Å². The minimum atomic E-state index is -4.54. The molecule has 1 aliphatic rings. The number of alkyl halides is 3. The van der Waals surface area contributed by atoms with Crippen molar-refractivity contribution >= 4 is 5.97 Å². The quantitative estimate of drug-likeness (QED) is 0.721. The van der Waals surface area contributed by atoms with Gasteiger partial charge in [-0.1, -0.05) is 36.8 Å². The van der Waals surface area contributed by atoms with Crippen LogP contribution in [0.5, 0.6) is 5.75 Å². The fourth-order valence-corrected chi connectivity index (χ4v) is 4.01. The van der Waals surface area contributed by atoms with E-state index in [9.17, 15) is 23.1 Å². The highest BCUT2D eigenvalue weighted by Crippen LogP contribution is 2.41. The number of halogens is 3. The summed E-state index contributed by atoms with van der Waals surface area (Å²) in [5.74, 6) is -0.469. The van der Waals surface area contributed by atoms with Gasteiger partial charge in [-0.2, -0.15) is 13.2 Å². The molecule has 156 valence electrons. The van der Waals surface area contributed by atoms with Crippen LogP contribution in [-0.2, 0) is 11.0 Å². The number of nitrogens with zero attached hydrogens (tertiary/aromatic N) is 1. The van der Waals surface area contributed by atoms with Crippen molar-refractivity contribution in [3.63, 3.8) is 0 Å². The van der Waals surface area contributed by atoms with Gasteiger partial charge in [0.25, 0.3) is 0 Å². The molecule has 7 heteroatoms. The van der Waals surface area contributed by atoms with Crippen molar-refractivity contribution in [2.24, 2.45) is 0 Å². The molecule has 29 heavy (non-hydrogen) atoms. The number of rotatable bonds is 6. The van der Waals surface area contributed by atoms with Crippen LogP contribution in [0.25, 0.3) is 0 Å². The van der Waals surface area contributed by atoms with E-state index in [4.69, 9.17) is 4.74 Å². The minimum Gasteiger partial charge on any atom is -0.494 e. The second kappa shape index (κ2) is 8.86. The molecule has 0 aromatic heterocycles. The third-order valence-corrected chi connectivity index (χ3v) is 5.21. The summed E-state index contributed by atoms with van der Waals surface area (Å²) in [7, 11) is 0. The molecule has 1 heterocycles. The Morgan fingerprint density at radius 3 is 2.66 bits per heavy atom. The zero-order valence-corrected chi connectivity index (χ0v) is 16.2. The first-order chi connectivity index (χ1) is 13.8. The van der Waals surface area contributed by atoms with Gasteiger partial charge < -0.3 is 9.84 Å². The van der Waals surface area contributed by atoms with E-state index in [0.717, 1.165) is 18.9 Å². The molecule has 0 amide bonds. The number of ether oxygens (including phenoxy) is 1. The van der Waals surface area contributed by atoms with E-state index in [2.05, 4.69) is 0 Å². The number of benzene rings is 2. The third-order valence-electron chi connectivity index (χ3n) is 5.21. The van der Waals surface area contributed by atoms with Crippen LogP contribution in [0, 0.1) is 0 Å². The number of likely N-dealkylation sites (tertiary alicyclic amines) is 1. The monoisotopic (exact) mass is 407 g/mol. The predicted octanol–water partition coefficient (Wildman–Crippen LogP) is 5.13. The summed E-state index contributed by atoms with van der Waals surface area (Å²) in [5.41, 5.74) is -0.107. The fraction of sp³-hybridized carbons (Fsp3) is 0.409. The fourth-order valence-electron chi connectivity index (χ4n) is 4.01. The first-order valence-electron chi connectivity index (χ1n) is 9.70. The molecule has 2 unspecified atom stereocenters. The first-order valence-corrected chi connectivity index (χ1v) is 9.70. The molecule has 3 rings (SSSR count). The van der Waals surface area contributed by atoms with Crippen molar-refractivity contribution in [1.29, 1.82) is 0 Å². The zero-order valence-electron chi connectivity index (χ0n) is 16.2. The van der Waals surface area contributed by atoms with E-state index < -0.39 is 29.8 Å². The summed E-state index contributed by atoms with van der Waals surface area (Å²) in [5, 5.41) is 9.73. The lowest BCUT2D eigenvalue weighted by Gasteiger charge is -2.40. The van der Waals surface area contributed by atoms with Gasteiger partial charge in [0.1, 0.15) is 11.8 Å². The smallest absolute Gasteiger partial charge is 0.416 e. The standard InChI is InChI=1S/C22H24F3NO3/c1-2-29-16-9-7-8-15(14-16)20(26-13-6-5-12-19(26)21(27)28)17-10-3-4-11-18(17)22(23,24)25/h3-4,7-11,14,19-20H,2,5-6,12-13H2,1H3,(H,27,28). The minimum absolute atomic E-state index is 0.0572. The van der Waals surface area contributed by atoms with E-state index in [1.165, 1.54) is 12.1 Å². The maximum atomic E-state index is 13.8. The van der Waals surface area contributed by atoms with E-state index in [1.54, 1.807) is 35.2 Å². The molecule has 0 radical (unpaired) electrons. The van der Waals surface area contributed by atoms with Crippen molar-refractivity contribution in [3.8, 4) is 5.75 Å². The summed E-state index contributed by atoms with van der Waals surface area (Å²) in [6.07, 6.45) is -2.66. The molecule has 4 nitrogen and oxygen atoms in total. The van der Waals surface area contributed by atoms with Crippen molar-refractivity contribution in [2.45, 2.75) is 44.4 Å². The largest absolute Gasteiger partial charge is 0.494 e. The molecule has 1 N–H and O–H groups in total. The number of hydrogen-bond acceptors (Lipinski definition) is 3. The summed E-state index contributed by atoms with van der Waals surface area (Å²) in [6.45, 7) is 2.66. The lowest BCUT2D eigenvalue weighted by atomic mass is 9.89. The molecule has 1 aliphatic heterocycles. The Balaban J connectivity index is 2.18. The van der Waals surface area contributed by atoms with Crippen LogP contribution in [0.15, 0.2) is 48.5 Å². The second-order valence-corrected chi connectivity index (χ2v) is 7.08. The summed E-state index contributed by atoms with van der Waals surface area (Å²) in [6, 6.07) is 10.6. The Labute approximate surface area is 167 Å². The van der Waals surface area contributed by atoms with E-state index in [1.807, 2.05) is 6.92 Å². The van der Waals surface area contributed by atoms with Gasteiger partial charge in [0.15, 0.2) is 0 Å². The molecule has 1 fully saturated rings. The number of aliphatic carboxylic acids is 1. The number of hydrogen-bond donors (Lipinski definition) is 1. The molecule has 2 aromatic carbocycles. The average Bonchev–Trinajstić information content (AvgIpc) is 2.69. The second-order valence-electron chi connectivity index (χ2n) is 7.08. The van der Waals surface area contributed by atoms with Gasteiger partial charge in [-0.05, 0) is 55.6 Å². The Hall–Kier alpha value is -2.54. The molecule has 0 bridgehead atoms. The summed E-state index contributed by atoms with van der Waals surface area (Å²) >= 11 is 0. The first kappa shape index (κ1) is 21.2. The van der Waals surface area contributed by atoms with Crippen LogP contribution in [-0.4, -0.2) is 35.2 Å². The molecule has 2 atom stereocenters. The highest BCUT2D eigenvalue weighted by Gasteiger charge is 2.40.